The Morgan fingerprint density at radius 2 is 1.91 bits per heavy atom. The van der Waals surface area contributed by atoms with Crippen LogP contribution in [0.4, 0.5) is 0 Å². The van der Waals surface area contributed by atoms with Crippen LogP contribution in [0.5, 0.6) is 0 Å². The second kappa shape index (κ2) is 8.48. The Balaban J connectivity index is 1.23. The van der Waals surface area contributed by atoms with Crippen LogP contribution in [0.15, 0.2) is 71.3 Å². The summed E-state index contributed by atoms with van der Waals surface area (Å²) in [5.74, 6) is 0.700. The summed E-state index contributed by atoms with van der Waals surface area (Å²) in [6, 6.07) is 21.5. The van der Waals surface area contributed by atoms with E-state index < -0.39 is 0 Å². The minimum absolute atomic E-state index is 0.0497. The fourth-order valence-electron chi connectivity index (χ4n) is 3.82. The second-order valence-corrected chi connectivity index (χ2v) is 8.20. The lowest BCUT2D eigenvalue weighted by atomic mass is 9.98. The quantitative estimate of drug-likeness (QED) is 0.363. The van der Waals surface area contributed by atoms with E-state index in [4.69, 9.17) is 16.1 Å². The van der Waals surface area contributed by atoms with Gasteiger partial charge in [-0.2, -0.15) is 4.98 Å². The number of hydrogen-bond donors (Lipinski definition) is 2. The van der Waals surface area contributed by atoms with Gasteiger partial charge in [0.1, 0.15) is 0 Å². The lowest BCUT2D eigenvalue weighted by Gasteiger charge is -2.12. The Labute approximate surface area is 189 Å². The molecule has 7 heteroatoms. The Bertz CT molecular complexity index is 1410. The molecule has 0 unspecified atom stereocenters. The molecule has 0 saturated heterocycles. The Kier molecular flexibility index (Phi) is 5.37. The number of carbonyl (C=O) groups is 1. The number of fused-ring (bicyclic) bond motifs is 3. The highest BCUT2D eigenvalue weighted by molar-refractivity contribution is 6.31. The van der Waals surface area contributed by atoms with Crippen LogP contribution >= 0.6 is 11.6 Å². The monoisotopic (exact) mass is 444 g/mol. The molecule has 5 aromatic rings. The van der Waals surface area contributed by atoms with Crippen LogP contribution in [0.1, 0.15) is 24.3 Å². The van der Waals surface area contributed by atoms with E-state index in [1.54, 1.807) is 0 Å². The zero-order valence-electron chi connectivity index (χ0n) is 17.4. The van der Waals surface area contributed by atoms with Crippen LogP contribution in [0.25, 0.3) is 33.2 Å². The summed E-state index contributed by atoms with van der Waals surface area (Å²) in [5.41, 5.74) is 3.85. The van der Waals surface area contributed by atoms with Crippen molar-refractivity contribution in [2.24, 2.45) is 0 Å². The number of aromatic amines is 1. The number of aromatic nitrogens is 3. The maximum atomic E-state index is 12.7. The van der Waals surface area contributed by atoms with Gasteiger partial charge in [0.05, 0.1) is 5.92 Å². The van der Waals surface area contributed by atoms with Crippen molar-refractivity contribution in [3.8, 4) is 11.4 Å². The van der Waals surface area contributed by atoms with Crippen LogP contribution in [0.3, 0.4) is 0 Å². The third kappa shape index (κ3) is 3.97. The minimum atomic E-state index is -0.294. The normalized spacial score (nSPS) is 12.3. The molecule has 0 aliphatic heterocycles. The Morgan fingerprint density at radius 3 is 2.75 bits per heavy atom. The fourth-order valence-corrected chi connectivity index (χ4v) is 3.99. The highest BCUT2D eigenvalue weighted by Gasteiger charge is 2.17. The van der Waals surface area contributed by atoms with Gasteiger partial charge in [0, 0.05) is 45.4 Å². The van der Waals surface area contributed by atoms with Crippen molar-refractivity contribution in [1.29, 1.82) is 0 Å². The van der Waals surface area contributed by atoms with E-state index in [0.717, 1.165) is 32.9 Å². The molecule has 0 aliphatic rings. The summed E-state index contributed by atoms with van der Waals surface area (Å²) in [6.07, 6.45) is 0.472. The van der Waals surface area contributed by atoms with E-state index in [0.29, 0.717) is 29.7 Å². The molecule has 6 nitrogen and oxygen atoms in total. The Hall–Kier alpha value is -3.64. The van der Waals surface area contributed by atoms with E-state index in [2.05, 4.69) is 20.4 Å². The molecule has 3 aromatic carbocycles. The standard InChI is InChI=1S/C25H21ClN4O2/c1-15(17-7-9-19-20-14-18(26)8-10-21(20)28-22(19)13-17)25(31)27-12-11-23-29-24(30-32-23)16-5-3-2-4-6-16/h2-10,13-15,28H,11-12H2,1H3,(H,27,31)/t15-/m0/s1. The van der Waals surface area contributed by atoms with Crippen molar-refractivity contribution in [2.75, 3.05) is 6.54 Å². The van der Waals surface area contributed by atoms with Gasteiger partial charge in [-0.15, -0.1) is 0 Å². The lowest BCUT2D eigenvalue weighted by Crippen LogP contribution is -2.29. The minimum Gasteiger partial charge on any atom is -0.355 e. The molecule has 2 aromatic heterocycles. The maximum absolute atomic E-state index is 12.7. The van der Waals surface area contributed by atoms with E-state index in [1.165, 1.54) is 0 Å². The molecule has 32 heavy (non-hydrogen) atoms. The number of halogens is 1. The van der Waals surface area contributed by atoms with Crippen molar-refractivity contribution in [3.63, 3.8) is 0 Å². The molecule has 0 spiro atoms. The lowest BCUT2D eigenvalue weighted by molar-refractivity contribution is -0.122. The third-order valence-electron chi connectivity index (χ3n) is 5.62. The first-order valence-electron chi connectivity index (χ1n) is 10.4. The molecular weight excluding hydrogens is 424 g/mol. The topological polar surface area (TPSA) is 83.8 Å². The molecule has 5 rings (SSSR count). The largest absolute Gasteiger partial charge is 0.355 e. The summed E-state index contributed by atoms with van der Waals surface area (Å²) in [6.45, 7) is 2.32. The first-order chi connectivity index (χ1) is 15.6. The number of hydrogen-bond acceptors (Lipinski definition) is 4. The molecular formula is C25H21ClN4O2. The average Bonchev–Trinajstić information content (AvgIpc) is 3.43. The van der Waals surface area contributed by atoms with Gasteiger partial charge in [-0.3, -0.25) is 4.79 Å². The predicted octanol–water partition coefficient (Wildman–Crippen LogP) is 5.49. The zero-order valence-corrected chi connectivity index (χ0v) is 18.2. The highest BCUT2D eigenvalue weighted by Crippen LogP contribution is 2.30. The number of amides is 1. The van der Waals surface area contributed by atoms with Crippen LogP contribution < -0.4 is 5.32 Å². The van der Waals surface area contributed by atoms with Gasteiger partial charge in [-0.05, 0) is 36.8 Å². The third-order valence-corrected chi connectivity index (χ3v) is 5.85. The number of rotatable bonds is 6. The number of nitrogens with zero attached hydrogens (tertiary/aromatic N) is 2. The Morgan fingerprint density at radius 1 is 1.06 bits per heavy atom. The summed E-state index contributed by atoms with van der Waals surface area (Å²) < 4.78 is 5.31. The second-order valence-electron chi connectivity index (χ2n) is 7.76. The number of benzene rings is 3. The SMILES string of the molecule is C[C@H](C(=O)NCCc1nc(-c2ccccc2)no1)c1ccc2c(c1)[nH]c1ccc(Cl)cc12. The molecule has 0 radical (unpaired) electrons. The van der Waals surface area contributed by atoms with Crippen molar-refractivity contribution >= 4 is 39.3 Å². The first kappa shape index (κ1) is 20.3. The van der Waals surface area contributed by atoms with Gasteiger partial charge in [0.2, 0.25) is 17.6 Å². The van der Waals surface area contributed by atoms with Crippen molar-refractivity contribution in [1.82, 2.24) is 20.4 Å². The van der Waals surface area contributed by atoms with Crippen molar-refractivity contribution in [3.05, 3.63) is 83.2 Å². The van der Waals surface area contributed by atoms with Gasteiger partial charge < -0.3 is 14.8 Å². The van der Waals surface area contributed by atoms with Gasteiger partial charge >= 0.3 is 0 Å². The molecule has 1 amide bonds. The smallest absolute Gasteiger partial charge is 0.228 e. The van der Waals surface area contributed by atoms with Crippen LogP contribution in [-0.4, -0.2) is 27.6 Å². The van der Waals surface area contributed by atoms with Crippen LogP contribution in [0.2, 0.25) is 5.02 Å². The molecule has 0 saturated carbocycles. The number of H-pyrrole nitrogens is 1. The van der Waals surface area contributed by atoms with Gasteiger partial charge in [-0.25, -0.2) is 0 Å². The summed E-state index contributed by atoms with van der Waals surface area (Å²) in [5, 5.41) is 9.84. The average molecular weight is 445 g/mol. The van der Waals surface area contributed by atoms with E-state index >= 15 is 0 Å². The van der Waals surface area contributed by atoms with Gasteiger partial charge in [0.15, 0.2) is 0 Å². The van der Waals surface area contributed by atoms with Gasteiger partial charge in [0.25, 0.3) is 0 Å². The summed E-state index contributed by atoms with van der Waals surface area (Å²) >= 11 is 6.14. The summed E-state index contributed by atoms with van der Waals surface area (Å²) in [4.78, 5) is 20.5. The first-order valence-corrected chi connectivity index (χ1v) is 10.8. The molecule has 1 atom stereocenters. The summed E-state index contributed by atoms with van der Waals surface area (Å²) in [7, 11) is 0. The van der Waals surface area contributed by atoms with Crippen LogP contribution in [0, 0.1) is 0 Å². The molecule has 2 heterocycles. The van der Waals surface area contributed by atoms with E-state index in [9.17, 15) is 4.79 Å². The molecule has 2 N–H and O–H groups in total. The molecule has 160 valence electrons. The molecule has 0 bridgehead atoms. The van der Waals surface area contributed by atoms with Crippen LogP contribution in [-0.2, 0) is 11.2 Å². The highest BCUT2D eigenvalue weighted by atomic mass is 35.5. The van der Waals surface area contributed by atoms with Gasteiger partial charge in [-0.1, -0.05) is 59.2 Å². The molecule has 0 aliphatic carbocycles. The predicted molar refractivity (Wildman–Crippen MR) is 126 cm³/mol. The van der Waals surface area contributed by atoms with E-state index in [1.807, 2.05) is 73.7 Å². The van der Waals surface area contributed by atoms with Crippen molar-refractivity contribution in [2.45, 2.75) is 19.3 Å². The number of nitrogens with one attached hydrogen (secondary N) is 2. The zero-order chi connectivity index (χ0) is 22.1. The van der Waals surface area contributed by atoms with E-state index in [-0.39, 0.29) is 11.8 Å². The number of carbonyl (C=O) groups excluding carboxylic acids is 1. The fraction of sp³-hybridized carbons (Fsp3) is 0.160. The van der Waals surface area contributed by atoms with Crippen molar-refractivity contribution < 1.29 is 9.32 Å². The molecule has 0 fully saturated rings. The maximum Gasteiger partial charge on any atom is 0.228 e.